The van der Waals surface area contributed by atoms with Crippen LogP contribution in [0.1, 0.15) is 92.2 Å². The molecule has 68 heavy (non-hydrogen) atoms. The van der Waals surface area contributed by atoms with Crippen molar-refractivity contribution in [2.45, 2.75) is 88.9 Å². The Bertz CT molecular complexity index is 2790. The number of anilines is 1. The maximum absolute atomic E-state index is 14.1. The van der Waals surface area contributed by atoms with E-state index in [0.717, 1.165) is 92.1 Å². The van der Waals surface area contributed by atoms with Gasteiger partial charge in [-0.2, -0.15) is 22.7 Å². The zero-order valence-corrected chi connectivity index (χ0v) is 37.0. The third kappa shape index (κ3) is 10.9. The number of imide groups is 1. The third-order valence-electron chi connectivity index (χ3n) is 12.9. The summed E-state index contributed by atoms with van der Waals surface area (Å²) in [5.74, 6) is -10.4. The Morgan fingerprint density at radius 1 is 0.868 bits per heavy atom. The van der Waals surface area contributed by atoms with Gasteiger partial charge in [0.2, 0.25) is 23.5 Å². The van der Waals surface area contributed by atoms with Gasteiger partial charge in [0, 0.05) is 69.9 Å². The van der Waals surface area contributed by atoms with Crippen LogP contribution in [0.25, 0.3) is 21.9 Å². The van der Waals surface area contributed by atoms with Gasteiger partial charge in [-0.3, -0.25) is 38.3 Å². The van der Waals surface area contributed by atoms with Crippen LogP contribution in [0.4, 0.5) is 32.0 Å². The number of carbonyl (C=O) groups excluding carboxylic acids is 4. The number of carboxylic acids is 1. The van der Waals surface area contributed by atoms with Crippen LogP contribution in [-0.4, -0.2) is 103 Å². The molecule has 3 aromatic carbocycles. The van der Waals surface area contributed by atoms with Gasteiger partial charge in [0.1, 0.15) is 6.04 Å². The highest BCUT2D eigenvalue weighted by molar-refractivity contribution is 6.00. The van der Waals surface area contributed by atoms with Crippen molar-refractivity contribution in [1.82, 2.24) is 34.4 Å². The number of carbonyl (C=O) groups is 5. The molecule has 22 heteroatoms. The van der Waals surface area contributed by atoms with Crippen LogP contribution in [0.5, 0.6) is 5.75 Å². The summed E-state index contributed by atoms with van der Waals surface area (Å²) in [5.41, 5.74) is 3.35. The Morgan fingerprint density at radius 3 is 2.25 bits per heavy atom. The second-order valence-electron chi connectivity index (χ2n) is 17.4. The molecule has 8 rings (SSSR count). The Labute approximate surface area is 384 Å². The lowest BCUT2D eigenvalue weighted by molar-refractivity contribution is -0.192. The Hall–Kier alpha value is -6.87. The molecular formula is C46H50F6N8O8. The fraction of sp³-hybridized carbons (Fsp3) is 0.457. The van der Waals surface area contributed by atoms with E-state index >= 15 is 0 Å². The van der Waals surface area contributed by atoms with Crippen molar-refractivity contribution in [3.63, 3.8) is 0 Å². The van der Waals surface area contributed by atoms with Crippen molar-refractivity contribution in [1.29, 1.82) is 0 Å². The van der Waals surface area contributed by atoms with Crippen LogP contribution >= 0.6 is 0 Å². The van der Waals surface area contributed by atoms with E-state index in [0.29, 0.717) is 37.5 Å². The number of carboxylic acid groups (broad SMARTS) is 1. The summed E-state index contributed by atoms with van der Waals surface area (Å²) in [4.78, 5) is 75.9. The molecule has 1 aliphatic carbocycles. The number of piperazine rings is 1. The van der Waals surface area contributed by atoms with Gasteiger partial charge < -0.3 is 25.3 Å². The molecule has 16 nitrogen and oxygen atoms in total. The number of benzene rings is 3. The Morgan fingerprint density at radius 2 is 1.57 bits per heavy atom. The summed E-state index contributed by atoms with van der Waals surface area (Å²) in [6.07, 6.45) is 4.51. The lowest BCUT2D eigenvalue weighted by atomic mass is 9.86. The van der Waals surface area contributed by atoms with Crippen molar-refractivity contribution < 1.29 is 60.5 Å². The lowest BCUT2D eigenvalue weighted by Crippen LogP contribution is -2.48. The van der Waals surface area contributed by atoms with Crippen molar-refractivity contribution in [3.8, 4) is 5.75 Å². The molecule has 2 saturated heterocycles. The molecule has 0 bridgehead atoms. The minimum absolute atomic E-state index is 0.111. The van der Waals surface area contributed by atoms with Crippen LogP contribution in [0.3, 0.4) is 0 Å². The van der Waals surface area contributed by atoms with Gasteiger partial charge >= 0.3 is 17.8 Å². The number of nitrogens with zero attached hydrogens (tertiary/aromatic N) is 6. The van der Waals surface area contributed by atoms with Crippen molar-refractivity contribution >= 4 is 57.2 Å². The van der Waals surface area contributed by atoms with Crippen LogP contribution in [0.2, 0.25) is 0 Å². The number of phenols is 1. The summed E-state index contributed by atoms with van der Waals surface area (Å²) in [5, 5.41) is 27.2. The number of aryl methyl sites for hydroxylation is 2. The number of piperidine rings is 1. The number of fused-ring (bicyclic) bond motifs is 2. The first kappa shape index (κ1) is 49.0. The normalized spacial score (nSPS) is 18.9. The highest BCUT2D eigenvalue weighted by Crippen LogP contribution is 2.34. The number of aromatic nitrogens is 4. The van der Waals surface area contributed by atoms with E-state index in [4.69, 9.17) is 15.0 Å². The molecule has 3 aliphatic rings. The molecule has 5 aromatic rings. The molecule has 4 heterocycles. The number of rotatable bonds is 12. The first-order valence-electron chi connectivity index (χ1n) is 22.3. The van der Waals surface area contributed by atoms with Gasteiger partial charge in [-0.25, -0.2) is 18.4 Å². The fourth-order valence-corrected chi connectivity index (χ4v) is 9.05. The molecule has 0 spiro atoms. The minimum Gasteiger partial charge on any atom is -0.503 e. The average molecular weight is 957 g/mol. The molecular weight excluding hydrogens is 907 g/mol. The molecule has 4 N–H and O–H groups in total. The largest absolute Gasteiger partial charge is 0.503 e. The summed E-state index contributed by atoms with van der Waals surface area (Å²) < 4.78 is 78.3. The molecule has 1 atom stereocenters. The smallest absolute Gasteiger partial charge is 0.490 e. The summed E-state index contributed by atoms with van der Waals surface area (Å²) in [6, 6.07) is 12.0. The number of imidazole rings is 1. The predicted molar refractivity (Wildman–Crippen MR) is 234 cm³/mol. The number of hydrogen-bond acceptors (Lipinski definition) is 9. The van der Waals surface area contributed by atoms with E-state index in [1.165, 1.54) is 4.57 Å². The topological polar surface area (TPSA) is 201 Å². The van der Waals surface area contributed by atoms with E-state index in [1.807, 2.05) is 34.0 Å². The number of amides is 4. The standard InChI is InChI=1S/C44H49F3N8O6.C2HF3O2/c1-51-36-21-26(9-14-34(36)55(44(51)61)35-15-16-37(56)49-43(35)60)5-3-2-4-6-38(57)53-19-17-52(18-20-53)30-13-10-28-25-54(50-33(28)22-30)29-11-7-27(8-12-29)24-48-42(59)31-23-32(45)41(58)40(47)39(31)46;3-2(4,5)1(6)7/h9-10,13-14,21-23,25,27,29,35,58H,2-8,11-12,15-20,24H2,1H3,(H,48,59)(H,49,56,60);(H,6,7)/t27?,29?,35-;/m1./s1. The number of hydrogen-bond donors (Lipinski definition) is 4. The Kier molecular flexibility index (Phi) is 14.8. The van der Waals surface area contributed by atoms with Crippen molar-refractivity contribution in [3.05, 3.63) is 87.7 Å². The highest BCUT2D eigenvalue weighted by Gasteiger charge is 2.38. The van der Waals surface area contributed by atoms with E-state index in [9.17, 15) is 55.4 Å². The average Bonchev–Trinajstić information content (AvgIpc) is 3.85. The van der Waals surface area contributed by atoms with Crippen LogP contribution in [0, 0.1) is 23.4 Å². The zero-order valence-electron chi connectivity index (χ0n) is 37.0. The molecule has 2 aliphatic heterocycles. The molecule has 1 saturated carbocycles. The monoisotopic (exact) mass is 956 g/mol. The van der Waals surface area contributed by atoms with Gasteiger partial charge in [-0.1, -0.05) is 12.5 Å². The van der Waals surface area contributed by atoms with Gasteiger partial charge in [0.15, 0.2) is 17.4 Å². The van der Waals surface area contributed by atoms with E-state index in [2.05, 4.69) is 33.7 Å². The number of unbranched alkanes of at least 4 members (excludes halogenated alkanes) is 2. The van der Waals surface area contributed by atoms with Gasteiger partial charge in [-0.05, 0) is 99.2 Å². The van der Waals surface area contributed by atoms with Crippen LogP contribution in [-0.2, 0) is 32.6 Å². The van der Waals surface area contributed by atoms with E-state index in [-0.39, 0.29) is 42.4 Å². The number of halogens is 6. The maximum Gasteiger partial charge on any atom is 0.490 e. The second-order valence-corrected chi connectivity index (χ2v) is 17.4. The number of aromatic hydroxyl groups is 1. The van der Waals surface area contributed by atoms with Crippen LogP contribution < -0.4 is 21.2 Å². The number of nitrogens with one attached hydrogen (secondary N) is 2. The maximum atomic E-state index is 14.1. The predicted octanol–water partition coefficient (Wildman–Crippen LogP) is 6.04. The van der Waals surface area contributed by atoms with Crippen molar-refractivity contribution in [2.75, 3.05) is 37.6 Å². The number of aliphatic carboxylic acids is 1. The fourth-order valence-electron chi connectivity index (χ4n) is 9.05. The zero-order chi connectivity index (χ0) is 49.0. The molecule has 0 radical (unpaired) electrons. The molecule has 0 unspecified atom stereocenters. The second kappa shape index (κ2) is 20.6. The summed E-state index contributed by atoms with van der Waals surface area (Å²) in [6.45, 7) is 2.96. The van der Waals surface area contributed by atoms with E-state index < -0.39 is 58.8 Å². The van der Waals surface area contributed by atoms with Gasteiger partial charge in [0.25, 0.3) is 5.91 Å². The Balaban J connectivity index is 0.000000908. The van der Waals surface area contributed by atoms with Gasteiger partial charge in [-0.15, -0.1) is 0 Å². The molecule has 2 aromatic heterocycles. The third-order valence-corrected chi connectivity index (χ3v) is 12.9. The molecule has 4 amide bonds. The first-order chi connectivity index (χ1) is 32.3. The summed E-state index contributed by atoms with van der Waals surface area (Å²) >= 11 is 0. The SMILES string of the molecule is Cn1c(=O)n([C@@H]2CCC(=O)NC2=O)c2ccc(CCCCCC(=O)N3CCN(c4ccc5cn(C6CCC(CNC(=O)c7cc(F)c(O)c(F)c7F)CC6)nc5c4)CC3)cc21.O=C(O)C(F)(F)F. The molecule has 364 valence electrons. The van der Waals surface area contributed by atoms with Gasteiger partial charge in [0.05, 0.1) is 28.2 Å². The molecule has 3 fully saturated rings. The highest BCUT2D eigenvalue weighted by atomic mass is 19.4. The lowest BCUT2D eigenvalue weighted by Gasteiger charge is -2.36. The van der Waals surface area contributed by atoms with Crippen LogP contribution in [0.15, 0.2) is 53.5 Å². The van der Waals surface area contributed by atoms with E-state index in [1.54, 1.807) is 11.6 Å². The van der Waals surface area contributed by atoms with Crippen molar-refractivity contribution in [2.24, 2.45) is 13.0 Å². The number of phenolic OH excluding ortho intramolecular Hbond substituents is 1. The summed E-state index contributed by atoms with van der Waals surface area (Å²) in [7, 11) is 1.69. The number of alkyl halides is 3. The quantitative estimate of drug-likeness (QED) is 0.0495. The minimum atomic E-state index is -5.08. The first-order valence-corrected chi connectivity index (χ1v) is 22.3.